The summed E-state index contributed by atoms with van der Waals surface area (Å²) in [5, 5.41) is 42.1. The van der Waals surface area contributed by atoms with Gasteiger partial charge in [0, 0.05) is 0 Å². The Morgan fingerprint density at radius 3 is 1.53 bits per heavy atom. The van der Waals surface area contributed by atoms with Gasteiger partial charge >= 0.3 is 18.2 Å². The fourth-order valence-electron chi connectivity index (χ4n) is 0.822. The molecule has 0 amide bonds. The molecular weight excluding hydrogens is 262 g/mol. The highest BCUT2D eigenvalue weighted by atomic mass is 16.7. The molecule has 0 aliphatic rings. The molecule has 1 aromatic rings. The van der Waals surface area contributed by atoms with Gasteiger partial charge in [0.05, 0.1) is 16.1 Å². The van der Waals surface area contributed by atoms with Gasteiger partial charge < -0.3 is 20.4 Å². The van der Waals surface area contributed by atoms with Crippen LogP contribution in [0, 0.1) is 10.1 Å². The molecule has 0 aromatic heterocycles. The van der Waals surface area contributed by atoms with Gasteiger partial charge in [0.25, 0.3) is 0 Å². The zero-order valence-electron chi connectivity index (χ0n) is 9.46. The van der Waals surface area contributed by atoms with Crippen LogP contribution in [0.25, 0.3) is 0 Å². The third-order valence-electron chi connectivity index (χ3n) is 1.79. The van der Waals surface area contributed by atoms with Crippen molar-refractivity contribution in [3.8, 4) is 0 Å². The first-order valence-corrected chi connectivity index (χ1v) is 4.78. The third-order valence-corrected chi connectivity index (χ3v) is 1.79. The van der Waals surface area contributed by atoms with Crippen molar-refractivity contribution in [2.24, 2.45) is 0 Å². The number of aliphatic hydroxyl groups is 2. The second kappa shape index (κ2) is 7.74. The number of nitrogens with zero attached hydrogens (tertiary/aromatic N) is 1. The summed E-state index contributed by atoms with van der Waals surface area (Å²) in [4.78, 5) is 29.0. The topological polar surface area (TPSA) is 158 Å². The van der Waals surface area contributed by atoms with Gasteiger partial charge in [-0.3, -0.25) is 10.1 Å². The molecular formula is C10H11NO8. The average molecular weight is 273 g/mol. The van der Waals surface area contributed by atoms with Crippen LogP contribution in [0.3, 0.4) is 0 Å². The van der Waals surface area contributed by atoms with Crippen molar-refractivity contribution < 1.29 is 34.9 Å². The van der Waals surface area contributed by atoms with E-state index in [1.165, 1.54) is 24.3 Å². The van der Waals surface area contributed by atoms with Crippen LogP contribution in [0.1, 0.15) is 20.7 Å². The maximum Gasteiger partial charge on any atom is 0.336 e. The van der Waals surface area contributed by atoms with Crippen LogP contribution in [0.5, 0.6) is 0 Å². The van der Waals surface area contributed by atoms with Crippen molar-refractivity contribution in [1.82, 2.24) is 0 Å². The molecule has 1 rings (SSSR count). The fraction of sp³-hybridized carbons (Fsp3) is 0.200. The van der Waals surface area contributed by atoms with E-state index in [1.807, 2.05) is 0 Å². The maximum atomic E-state index is 10.3. The van der Waals surface area contributed by atoms with Gasteiger partial charge in [-0.15, -0.1) is 0 Å². The lowest BCUT2D eigenvalue weighted by Gasteiger charge is -1.94. The zero-order chi connectivity index (χ0) is 15.0. The largest absolute Gasteiger partial charge is 0.478 e. The molecule has 0 heterocycles. The molecule has 0 bridgehead atoms. The lowest BCUT2D eigenvalue weighted by molar-refractivity contribution is -0.573. The lowest BCUT2D eigenvalue weighted by Crippen LogP contribution is -2.22. The Balaban J connectivity index is 0.000000399. The first kappa shape index (κ1) is 16.5. The summed E-state index contributed by atoms with van der Waals surface area (Å²) in [5.74, 6) is -2.13. The number of aliphatic hydroxyl groups excluding tert-OH is 2. The molecule has 0 saturated heterocycles. The summed E-state index contributed by atoms with van der Waals surface area (Å²) in [6, 6.07) is 5.02. The molecule has 19 heavy (non-hydrogen) atoms. The highest BCUT2D eigenvalue weighted by Crippen LogP contribution is 2.03. The van der Waals surface area contributed by atoms with E-state index in [0.717, 1.165) is 0 Å². The number of benzene rings is 1. The van der Waals surface area contributed by atoms with E-state index in [9.17, 15) is 19.7 Å². The van der Waals surface area contributed by atoms with Crippen molar-refractivity contribution in [3.05, 3.63) is 45.5 Å². The van der Waals surface area contributed by atoms with E-state index in [2.05, 4.69) is 0 Å². The zero-order valence-corrected chi connectivity index (χ0v) is 9.46. The van der Waals surface area contributed by atoms with Crippen molar-refractivity contribution in [1.29, 1.82) is 0 Å². The number of hydrogen-bond acceptors (Lipinski definition) is 6. The molecule has 1 aromatic carbocycles. The maximum absolute atomic E-state index is 10.3. The van der Waals surface area contributed by atoms with Gasteiger partial charge in [-0.1, -0.05) is 0 Å². The Bertz CT molecular complexity index is 422. The molecule has 1 atom stereocenters. The predicted octanol–water partition coefficient (Wildman–Crippen LogP) is -0.343. The average Bonchev–Trinajstić information content (AvgIpc) is 2.38. The van der Waals surface area contributed by atoms with Gasteiger partial charge in [0.15, 0.2) is 0 Å². The predicted molar refractivity (Wildman–Crippen MR) is 60.4 cm³/mol. The second-order valence-corrected chi connectivity index (χ2v) is 3.14. The molecule has 0 aliphatic carbocycles. The van der Waals surface area contributed by atoms with Crippen LogP contribution in [0.4, 0.5) is 0 Å². The van der Waals surface area contributed by atoms with Crippen molar-refractivity contribution in [2.75, 3.05) is 6.61 Å². The molecule has 0 spiro atoms. The van der Waals surface area contributed by atoms with E-state index in [4.69, 9.17) is 20.4 Å². The van der Waals surface area contributed by atoms with Crippen LogP contribution in [-0.4, -0.2) is 50.1 Å². The summed E-state index contributed by atoms with van der Waals surface area (Å²) in [5.41, 5.74) is 0.167. The first-order valence-electron chi connectivity index (χ1n) is 4.78. The van der Waals surface area contributed by atoms with Crippen LogP contribution in [-0.2, 0) is 0 Å². The van der Waals surface area contributed by atoms with E-state index in [1.54, 1.807) is 0 Å². The molecule has 1 unspecified atom stereocenters. The van der Waals surface area contributed by atoms with E-state index < -0.39 is 29.7 Å². The number of carboxylic acids is 2. The lowest BCUT2D eigenvalue weighted by atomic mass is 10.1. The molecule has 0 radical (unpaired) electrons. The van der Waals surface area contributed by atoms with Gasteiger partial charge in [-0.25, -0.2) is 9.59 Å². The monoisotopic (exact) mass is 273 g/mol. The number of hydrogen-bond donors (Lipinski definition) is 4. The number of aromatic carboxylic acids is 2. The van der Waals surface area contributed by atoms with Gasteiger partial charge in [0.1, 0.15) is 6.61 Å². The molecule has 4 N–H and O–H groups in total. The number of carbonyl (C=O) groups is 2. The Morgan fingerprint density at radius 2 is 1.42 bits per heavy atom. The van der Waals surface area contributed by atoms with Crippen molar-refractivity contribution >= 4 is 11.9 Å². The Kier molecular flexibility index (Phi) is 6.71. The van der Waals surface area contributed by atoms with E-state index in [0.29, 0.717) is 0 Å². The van der Waals surface area contributed by atoms with Crippen LogP contribution in [0.2, 0.25) is 0 Å². The molecule has 9 heteroatoms. The van der Waals surface area contributed by atoms with Gasteiger partial charge in [0.2, 0.25) is 0 Å². The normalized spacial score (nSPS) is 10.8. The van der Waals surface area contributed by atoms with Gasteiger partial charge in [-0.2, -0.15) is 0 Å². The Morgan fingerprint density at radius 1 is 1.11 bits per heavy atom. The number of carboxylic acid groups (broad SMARTS) is 2. The molecule has 9 nitrogen and oxygen atoms in total. The third kappa shape index (κ3) is 6.10. The minimum absolute atomic E-state index is 0.0833. The molecule has 0 aliphatic heterocycles. The summed E-state index contributed by atoms with van der Waals surface area (Å²) in [6.45, 7) is -0.826. The van der Waals surface area contributed by atoms with Crippen LogP contribution < -0.4 is 0 Å². The standard InChI is InChI=1S/C8H6O4.C2H5NO4/c9-7(10)5-1-2-6(4-3-5)8(11)12;4-1-2(5)3(6)7/h1-4H,(H,9,10)(H,11,12);2,4-5H,1H2. The van der Waals surface area contributed by atoms with E-state index >= 15 is 0 Å². The highest BCUT2D eigenvalue weighted by molar-refractivity contribution is 5.91. The fourth-order valence-corrected chi connectivity index (χ4v) is 0.822. The summed E-state index contributed by atoms with van der Waals surface area (Å²) >= 11 is 0. The SMILES string of the molecule is O=C(O)c1ccc(C(=O)O)cc1.O=[N+]([O-])C(O)CO. The minimum Gasteiger partial charge on any atom is -0.478 e. The van der Waals surface area contributed by atoms with Gasteiger partial charge in [-0.05, 0) is 24.3 Å². The van der Waals surface area contributed by atoms with Crippen molar-refractivity contribution in [2.45, 2.75) is 6.23 Å². The van der Waals surface area contributed by atoms with Crippen molar-refractivity contribution in [3.63, 3.8) is 0 Å². The number of rotatable bonds is 4. The van der Waals surface area contributed by atoms with E-state index in [-0.39, 0.29) is 11.1 Å². The Labute approximate surface area is 106 Å². The smallest absolute Gasteiger partial charge is 0.336 e. The molecule has 0 saturated carbocycles. The van der Waals surface area contributed by atoms with Crippen LogP contribution in [0.15, 0.2) is 24.3 Å². The summed E-state index contributed by atoms with van der Waals surface area (Å²) in [6.07, 6.45) is -1.82. The quantitative estimate of drug-likeness (QED) is 0.329. The summed E-state index contributed by atoms with van der Waals surface area (Å²) < 4.78 is 0. The number of nitro groups is 1. The minimum atomic E-state index is -1.82. The summed E-state index contributed by atoms with van der Waals surface area (Å²) in [7, 11) is 0. The first-order chi connectivity index (χ1) is 8.79. The highest BCUT2D eigenvalue weighted by Gasteiger charge is 2.10. The second-order valence-electron chi connectivity index (χ2n) is 3.14. The molecule has 104 valence electrons. The molecule has 0 fully saturated rings. The van der Waals surface area contributed by atoms with Crippen LogP contribution >= 0.6 is 0 Å². The Hall–Kier alpha value is -2.52.